The zero-order valence-corrected chi connectivity index (χ0v) is 11.4. The number of carbonyl (C=O) groups is 1. The number of alkyl halides is 2. The van der Waals surface area contributed by atoms with Crippen LogP contribution in [0, 0.1) is 16.7 Å². The SMILES string of the molecule is N#CC1(C(=O)NCc2ccc(OC(F)F)cc2)CCCC1. The molecule has 1 N–H and O–H groups in total. The monoisotopic (exact) mass is 294 g/mol. The Morgan fingerprint density at radius 3 is 2.48 bits per heavy atom. The molecular weight excluding hydrogens is 278 g/mol. The molecule has 0 heterocycles. The summed E-state index contributed by atoms with van der Waals surface area (Å²) >= 11 is 0. The van der Waals surface area contributed by atoms with E-state index in [1.54, 1.807) is 12.1 Å². The lowest BCUT2D eigenvalue weighted by molar-refractivity contribution is -0.128. The third-order valence-corrected chi connectivity index (χ3v) is 3.71. The minimum atomic E-state index is -2.85. The zero-order chi connectivity index (χ0) is 15.3. The average Bonchev–Trinajstić information content (AvgIpc) is 2.96. The first-order chi connectivity index (χ1) is 10.1. The molecule has 1 aromatic carbocycles. The molecule has 112 valence electrons. The van der Waals surface area contributed by atoms with Crippen LogP contribution in [0.5, 0.6) is 5.75 Å². The van der Waals surface area contributed by atoms with Gasteiger partial charge in [-0.25, -0.2) is 0 Å². The van der Waals surface area contributed by atoms with E-state index < -0.39 is 12.0 Å². The van der Waals surface area contributed by atoms with Crippen molar-refractivity contribution in [1.29, 1.82) is 5.26 Å². The van der Waals surface area contributed by atoms with E-state index in [4.69, 9.17) is 0 Å². The summed E-state index contributed by atoms with van der Waals surface area (Å²) in [5, 5.41) is 11.9. The summed E-state index contributed by atoms with van der Waals surface area (Å²) < 4.78 is 28.3. The maximum absolute atomic E-state index is 12.1. The van der Waals surface area contributed by atoms with Crippen molar-refractivity contribution in [3.63, 3.8) is 0 Å². The largest absolute Gasteiger partial charge is 0.435 e. The predicted octanol–water partition coefficient (Wildman–Crippen LogP) is 2.99. The van der Waals surface area contributed by atoms with E-state index in [-0.39, 0.29) is 18.2 Å². The van der Waals surface area contributed by atoms with Crippen LogP contribution in [-0.4, -0.2) is 12.5 Å². The standard InChI is InChI=1S/C15H16F2N2O2/c16-14(17)21-12-5-3-11(4-6-12)9-19-13(20)15(10-18)7-1-2-8-15/h3-6,14H,1-2,7-9H2,(H,19,20). The van der Waals surface area contributed by atoms with E-state index in [1.807, 2.05) is 0 Å². The van der Waals surface area contributed by atoms with Crippen molar-refractivity contribution in [1.82, 2.24) is 5.32 Å². The Balaban J connectivity index is 1.91. The zero-order valence-electron chi connectivity index (χ0n) is 11.4. The number of nitriles is 1. The van der Waals surface area contributed by atoms with Gasteiger partial charge in [0.2, 0.25) is 5.91 Å². The van der Waals surface area contributed by atoms with Crippen molar-refractivity contribution < 1.29 is 18.3 Å². The number of hydrogen-bond acceptors (Lipinski definition) is 3. The van der Waals surface area contributed by atoms with Gasteiger partial charge in [-0.1, -0.05) is 25.0 Å². The van der Waals surface area contributed by atoms with E-state index in [0.29, 0.717) is 12.8 Å². The van der Waals surface area contributed by atoms with Crippen LogP contribution < -0.4 is 10.1 Å². The van der Waals surface area contributed by atoms with Gasteiger partial charge in [-0.3, -0.25) is 4.79 Å². The highest BCUT2D eigenvalue weighted by Crippen LogP contribution is 2.37. The van der Waals surface area contributed by atoms with Crippen LogP contribution >= 0.6 is 0 Å². The molecule has 21 heavy (non-hydrogen) atoms. The van der Waals surface area contributed by atoms with E-state index in [9.17, 15) is 18.8 Å². The normalized spacial score (nSPS) is 16.5. The van der Waals surface area contributed by atoms with Gasteiger partial charge in [0.1, 0.15) is 11.2 Å². The molecule has 1 aromatic rings. The molecule has 2 rings (SSSR count). The van der Waals surface area contributed by atoms with Crippen molar-refractivity contribution in [2.24, 2.45) is 5.41 Å². The second-order valence-corrected chi connectivity index (χ2v) is 5.11. The summed E-state index contributed by atoms with van der Waals surface area (Å²) in [6, 6.07) is 8.17. The molecule has 0 saturated heterocycles. The molecule has 1 fully saturated rings. The third kappa shape index (κ3) is 3.69. The number of amides is 1. The number of nitrogens with zero attached hydrogens (tertiary/aromatic N) is 1. The summed E-state index contributed by atoms with van der Waals surface area (Å²) in [6.07, 6.45) is 2.97. The van der Waals surface area contributed by atoms with Crippen LogP contribution in [0.2, 0.25) is 0 Å². The lowest BCUT2D eigenvalue weighted by atomic mass is 9.87. The van der Waals surface area contributed by atoms with Crippen molar-refractivity contribution in [3.8, 4) is 11.8 Å². The van der Waals surface area contributed by atoms with Crippen molar-refractivity contribution in [3.05, 3.63) is 29.8 Å². The summed E-state index contributed by atoms with van der Waals surface area (Å²) in [4.78, 5) is 12.1. The highest BCUT2D eigenvalue weighted by atomic mass is 19.3. The van der Waals surface area contributed by atoms with Crippen molar-refractivity contribution >= 4 is 5.91 Å². The van der Waals surface area contributed by atoms with Gasteiger partial charge in [-0.2, -0.15) is 14.0 Å². The molecule has 0 bridgehead atoms. The van der Waals surface area contributed by atoms with E-state index in [1.165, 1.54) is 12.1 Å². The highest BCUT2D eigenvalue weighted by molar-refractivity contribution is 5.85. The van der Waals surface area contributed by atoms with Crippen LogP contribution in [0.25, 0.3) is 0 Å². The lowest BCUT2D eigenvalue weighted by Crippen LogP contribution is -2.37. The van der Waals surface area contributed by atoms with Gasteiger partial charge in [0.25, 0.3) is 0 Å². The molecule has 6 heteroatoms. The fourth-order valence-corrected chi connectivity index (χ4v) is 2.51. The van der Waals surface area contributed by atoms with Crippen LogP contribution in [0.15, 0.2) is 24.3 Å². The van der Waals surface area contributed by atoms with Gasteiger partial charge in [0.15, 0.2) is 0 Å². The molecule has 0 spiro atoms. The first-order valence-electron chi connectivity index (χ1n) is 6.79. The van der Waals surface area contributed by atoms with Crippen LogP contribution in [-0.2, 0) is 11.3 Å². The van der Waals surface area contributed by atoms with E-state index >= 15 is 0 Å². The van der Waals surface area contributed by atoms with Gasteiger partial charge in [-0.15, -0.1) is 0 Å². The molecule has 0 unspecified atom stereocenters. The smallest absolute Gasteiger partial charge is 0.387 e. The first-order valence-corrected chi connectivity index (χ1v) is 6.79. The fraction of sp³-hybridized carbons (Fsp3) is 0.467. The summed E-state index contributed by atoms with van der Waals surface area (Å²) in [5.41, 5.74) is -0.144. The van der Waals surface area contributed by atoms with Crippen LogP contribution in [0.3, 0.4) is 0 Å². The highest BCUT2D eigenvalue weighted by Gasteiger charge is 2.41. The van der Waals surface area contributed by atoms with E-state index in [0.717, 1.165) is 18.4 Å². The Hall–Kier alpha value is -2.16. The predicted molar refractivity (Wildman–Crippen MR) is 71.4 cm³/mol. The van der Waals surface area contributed by atoms with E-state index in [2.05, 4.69) is 16.1 Å². The maximum atomic E-state index is 12.1. The Morgan fingerprint density at radius 2 is 1.95 bits per heavy atom. The topological polar surface area (TPSA) is 62.1 Å². The average molecular weight is 294 g/mol. The summed E-state index contributed by atoms with van der Waals surface area (Å²) in [7, 11) is 0. The van der Waals surface area contributed by atoms with Gasteiger partial charge in [0, 0.05) is 6.54 Å². The number of rotatable bonds is 5. The summed E-state index contributed by atoms with van der Waals surface area (Å²) in [5.74, 6) is -0.181. The number of nitrogens with one attached hydrogen (secondary N) is 1. The molecular formula is C15H16F2N2O2. The number of carbonyl (C=O) groups excluding carboxylic acids is 1. The third-order valence-electron chi connectivity index (χ3n) is 3.71. The van der Waals surface area contributed by atoms with Gasteiger partial charge < -0.3 is 10.1 Å². The minimum Gasteiger partial charge on any atom is -0.435 e. The minimum absolute atomic E-state index is 0.0735. The molecule has 0 atom stereocenters. The maximum Gasteiger partial charge on any atom is 0.387 e. The van der Waals surface area contributed by atoms with Crippen molar-refractivity contribution in [2.75, 3.05) is 0 Å². The number of halogens is 2. The molecule has 1 aliphatic rings. The quantitative estimate of drug-likeness (QED) is 0.908. The van der Waals surface area contributed by atoms with Crippen LogP contribution in [0.1, 0.15) is 31.2 Å². The number of benzene rings is 1. The van der Waals surface area contributed by atoms with Gasteiger partial charge in [0.05, 0.1) is 6.07 Å². The van der Waals surface area contributed by atoms with Gasteiger partial charge >= 0.3 is 6.61 Å². The Morgan fingerprint density at radius 1 is 1.33 bits per heavy atom. The van der Waals surface area contributed by atoms with Gasteiger partial charge in [-0.05, 0) is 30.5 Å². The molecule has 1 aliphatic carbocycles. The van der Waals surface area contributed by atoms with Crippen molar-refractivity contribution in [2.45, 2.75) is 38.8 Å². The molecule has 1 amide bonds. The fourth-order valence-electron chi connectivity index (χ4n) is 2.51. The summed E-state index contributed by atoms with van der Waals surface area (Å²) in [6.45, 7) is -2.59. The Bertz CT molecular complexity index is 532. The van der Waals surface area contributed by atoms with Crippen LogP contribution in [0.4, 0.5) is 8.78 Å². The molecule has 0 aliphatic heterocycles. The molecule has 4 nitrogen and oxygen atoms in total. The molecule has 0 aromatic heterocycles. The second-order valence-electron chi connectivity index (χ2n) is 5.11. The Labute approximate surface area is 121 Å². The number of hydrogen-bond donors (Lipinski definition) is 1. The number of ether oxygens (including phenoxy) is 1. The second kappa shape index (κ2) is 6.53. The first kappa shape index (κ1) is 15.2. The lowest BCUT2D eigenvalue weighted by Gasteiger charge is -2.19. The Kier molecular flexibility index (Phi) is 4.73. The molecule has 0 radical (unpaired) electrons. The molecule has 1 saturated carbocycles.